The number of carbonyl (C=O) groups excluding carboxylic acids is 1. The zero-order valence-electron chi connectivity index (χ0n) is 15.8. The van der Waals surface area contributed by atoms with Crippen LogP contribution in [0.15, 0.2) is 6.07 Å². The number of aryl methyl sites for hydroxylation is 1. The average Bonchev–Trinajstić information content (AvgIpc) is 2.99. The Kier molecular flexibility index (Phi) is 7.61. The summed E-state index contributed by atoms with van der Waals surface area (Å²) in [6, 6.07) is 1.07. The van der Waals surface area contributed by atoms with Gasteiger partial charge in [-0.25, -0.2) is 13.6 Å². The maximum absolute atomic E-state index is 13.9. The SMILES string of the molecule is CS(=O)(=O)OF.Cc1cc(F)c(F)c(C2CCN(C(=O)OC(C)(C)C)C2)n1. The zero-order chi connectivity index (χ0) is 21.0. The minimum atomic E-state index is -3.83. The molecule has 0 radical (unpaired) electrons. The van der Waals surface area contributed by atoms with Crippen molar-refractivity contribution in [2.45, 2.75) is 45.6 Å². The van der Waals surface area contributed by atoms with Crippen LogP contribution in [0.3, 0.4) is 0 Å². The molecule has 27 heavy (non-hydrogen) atoms. The van der Waals surface area contributed by atoms with Crippen LogP contribution in [0.4, 0.5) is 18.1 Å². The van der Waals surface area contributed by atoms with Gasteiger partial charge in [0.05, 0.1) is 11.9 Å². The minimum Gasteiger partial charge on any atom is -0.444 e. The summed E-state index contributed by atoms with van der Waals surface area (Å²) in [5, 5.41) is 0. The van der Waals surface area contributed by atoms with Gasteiger partial charge in [0.2, 0.25) is 0 Å². The van der Waals surface area contributed by atoms with E-state index in [1.807, 2.05) is 0 Å². The molecule has 0 bridgehead atoms. The Hall–Kier alpha value is -1.88. The standard InChI is InChI=1S/C15H20F2N2O2.CH3FO3S/c1-9-7-11(16)12(17)13(18-9)10-5-6-19(8-10)14(20)21-15(2,3)4;1-6(3,4)5-2/h7,10H,5-6,8H2,1-4H3;1H3. The molecule has 1 aliphatic rings. The number of aromatic nitrogens is 1. The molecule has 0 saturated carbocycles. The number of likely N-dealkylation sites (tertiary alicyclic amines) is 1. The first-order chi connectivity index (χ1) is 12.2. The normalized spacial score (nSPS) is 17.3. The Morgan fingerprint density at radius 1 is 1.33 bits per heavy atom. The van der Waals surface area contributed by atoms with E-state index in [1.165, 1.54) is 4.90 Å². The Morgan fingerprint density at radius 2 is 1.89 bits per heavy atom. The zero-order valence-corrected chi connectivity index (χ0v) is 16.6. The summed E-state index contributed by atoms with van der Waals surface area (Å²) in [6.07, 6.45) is 0.734. The van der Waals surface area contributed by atoms with E-state index < -0.39 is 33.4 Å². The molecule has 1 aromatic rings. The Labute approximate surface area is 156 Å². The maximum atomic E-state index is 13.9. The molecule has 0 N–H and O–H groups in total. The summed E-state index contributed by atoms with van der Waals surface area (Å²) >= 11 is 0. The maximum Gasteiger partial charge on any atom is 0.410 e. The van der Waals surface area contributed by atoms with Gasteiger partial charge in [-0.1, -0.05) is 4.39 Å². The van der Waals surface area contributed by atoms with Crippen LogP contribution in [0.2, 0.25) is 0 Å². The Balaban J connectivity index is 0.000000527. The van der Waals surface area contributed by atoms with Crippen LogP contribution < -0.4 is 0 Å². The van der Waals surface area contributed by atoms with E-state index in [-0.39, 0.29) is 11.6 Å². The molecule has 7 nitrogen and oxygen atoms in total. The molecule has 1 aromatic heterocycles. The number of ether oxygens (including phenoxy) is 1. The topological polar surface area (TPSA) is 85.8 Å². The van der Waals surface area contributed by atoms with E-state index in [2.05, 4.69) is 9.37 Å². The molecule has 0 aliphatic carbocycles. The summed E-state index contributed by atoms with van der Waals surface area (Å²) in [5.41, 5.74) is -0.0492. The van der Waals surface area contributed by atoms with E-state index in [0.717, 1.165) is 6.07 Å². The first-order valence-corrected chi connectivity index (χ1v) is 9.86. The molecule has 1 unspecified atom stereocenters. The van der Waals surface area contributed by atoms with Crippen molar-refractivity contribution in [1.82, 2.24) is 9.88 Å². The quantitative estimate of drug-likeness (QED) is 0.741. The van der Waals surface area contributed by atoms with Gasteiger partial charge in [-0.15, -0.1) is 0 Å². The molecule has 2 heterocycles. The van der Waals surface area contributed by atoms with E-state index >= 15 is 0 Å². The number of halogens is 3. The predicted octanol–water partition coefficient (Wildman–Crippen LogP) is 3.24. The van der Waals surface area contributed by atoms with E-state index in [9.17, 15) is 26.5 Å². The molecule has 1 amide bonds. The molecule has 0 spiro atoms. The lowest BCUT2D eigenvalue weighted by Crippen LogP contribution is -2.35. The van der Waals surface area contributed by atoms with Crippen LogP contribution in [-0.4, -0.2) is 49.3 Å². The minimum absolute atomic E-state index is 0.0959. The molecule has 0 aromatic carbocycles. The van der Waals surface area contributed by atoms with Crippen LogP contribution in [0.1, 0.15) is 44.5 Å². The van der Waals surface area contributed by atoms with Gasteiger partial charge in [0.25, 0.3) is 10.1 Å². The van der Waals surface area contributed by atoms with Crippen molar-refractivity contribution in [3.05, 3.63) is 29.1 Å². The predicted molar refractivity (Wildman–Crippen MR) is 91.1 cm³/mol. The highest BCUT2D eigenvalue weighted by atomic mass is 32.2. The first kappa shape index (κ1) is 23.2. The van der Waals surface area contributed by atoms with Crippen LogP contribution >= 0.6 is 0 Å². The monoisotopic (exact) mass is 412 g/mol. The van der Waals surface area contributed by atoms with Gasteiger partial charge in [-0.05, 0) is 44.7 Å². The molecule has 154 valence electrons. The molecule has 1 fully saturated rings. The summed E-state index contributed by atoms with van der Waals surface area (Å²) in [7, 11) is -3.83. The third-order valence-electron chi connectivity index (χ3n) is 3.41. The fourth-order valence-corrected chi connectivity index (χ4v) is 2.39. The Bertz CT molecular complexity index is 781. The summed E-state index contributed by atoms with van der Waals surface area (Å²) in [6.45, 7) is 7.73. The highest BCUT2D eigenvalue weighted by Gasteiger charge is 2.33. The fourth-order valence-electron chi connectivity index (χ4n) is 2.39. The van der Waals surface area contributed by atoms with Crippen molar-refractivity contribution >= 4 is 16.2 Å². The molecule has 1 saturated heterocycles. The molecular formula is C16H23F3N2O5S. The lowest BCUT2D eigenvalue weighted by molar-refractivity contribution is 0.00419. The number of hydrogen-bond donors (Lipinski definition) is 0. The number of pyridine rings is 1. The number of hydrogen-bond acceptors (Lipinski definition) is 6. The second kappa shape index (κ2) is 8.87. The molecule has 2 rings (SSSR count). The number of rotatable bonds is 2. The number of carbonyl (C=O) groups is 1. The number of nitrogens with zero attached hydrogens (tertiary/aromatic N) is 2. The number of amides is 1. The average molecular weight is 412 g/mol. The van der Waals surface area contributed by atoms with Crippen molar-refractivity contribution in [2.24, 2.45) is 0 Å². The highest BCUT2D eigenvalue weighted by Crippen LogP contribution is 2.29. The van der Waals surface area contributed by atoms with Gasteiger partial charge in [0.15, 0.2) is 11.6 Å². The summed E-state index contributed by atoms with van der Waals surface area (Å²) in [5.74, 6) is -2.11. The second-order valence-corrected chi connectivity index (χ2v) is 8.66. The lowest BCUT2D eigenvalue weighted by atomic mass is 10.0. The van der Waals surface area contributed by atoms with Gasteiger partial charge in [0, 0.05) is 24.7 Å². The van der Waals surface area contributed by atoms with E-state index in [0.29, 0.717) is 31.5 Å². The van der Waals surface area contributed by atoms with Crippen LogP contribution in [0, 0.1) is 18.6 Å². The smallest absolute Gasteiger partial charge is 0.410 e. The lowest BCUT2D eigenvalue weighted by Gasteiger charge is -2.24. The van der Waals surface area contributed by atoms with Gasteiger partial charge >= 0.3 is 6.09 Å². The first-order valence-electron chi connectivity index (χ1n) is 8.04. The third-order valence-corrected chi connectivity index (χ3v) is 3.64. The summed E-state index contributed by atoms with van der Waals surface area (Å²) in [4.78, 5) is 17.6. The summed E-state index contributed by atoms with van der Waals surface area (Å²) < 4.78 is 64.2. The van der Waals surface area contributed by atoms with Crippen LogP contribution in [0.25, 0.3) is 0 Å². The van der Waals surface area contributed by atoms with Crippen molar-refractivity contribution in [3.8, 4) is 0 Å². The van der Waals surface area contributed by atoms with Gasteiger partial charge in [0.1, 0.15) is 5.60 Å². The third kappa shape index (κ3) is 7.71. The molecule has 1 atom stereocenters. The van der Waals surface area contributed by atoms with Crippen molar-refractivity contribution in [2.75, 3.05) is 19.3 Å². The van der Waals surface area contributed by atoms with Gasteiger partial charge < -0.3 is 9.64 Å². The Morgan fingerprint density at radius 3 is 2.37 bits per heavy atom. The largest absolute Gasteiger partial charge is 0.444 e. The van der Waals surface area contributed by atoms with Gasteiger partial charge in [-0.3, -0.25) is 4.98 Å². The van der Waals surface area contributed by atoms with Gasteiger partial charge in [-0.2, -0.15) is 8.42 Å². The molecule has 1 aliphatic heterocycles. The second-order valence-electron chi connectivity index (χ2n) is 7.12. The van der Waals surface area contributed by atoms with Crippen LogP contribution in [-0.2, 0) is 19.2 Å². The van der Waals surface area contributed by atoms with E-state index in [1.54, 1.807) is 27.7 Å². The highest BCUT2D eigenvalue weighted by molar-refractivity contribution is 7.85. The molecule has 11 heteroatoms. The fraction of sp³-hybridized carbons (Fsp3) is 0.625. The van der Waals surface area contributed by atoms with Crippen LogP contribution in [0.5, 0.6) is 0 Å². The molecular weight excluding hydrogens is 389 g/mol. The van der Waals surface area contributed by atoms with Crippen molar-refractivity contribution in [1.29, 1.82) is 0 Å². The van der Waals surface area contributed by atoms with E-state index in [4.69, 9.17) is 4.74 Å². The van der Waals surface area contributed by atoms with Crippen molar-refractivity contribution < 1.29 is 35.6 Å². The van der Waals surface area contributed by atoms with Crippen molar-refractivity contribution in [3.63, 3.8) is 0 Å².